The molecule has 0 radical (unpaired) electrons. The first kappa shape index (κ1) is 13.3. The number of β-lactam (4-membered cyclic amide) rings is 1. The summed E-state index contributed by atoms with van der Waals surface area (Å²) in [6.45, 7) is 3.58. The first-order valence-corrected chi connectivity index (χ1v) is 5.20. The largest absolute Gasteiger partial charge is 1.00 e. The Bertz CT molecular complexity index is 323. The number of carboxylic acid groups (broad SMARTS) is 1. The normalized spacial score (nSPS) is 36.6. The second kappa shape index (κ2) is 3.92. The molecule has 7 heteroatoms. The summed E-state index contributed by atoms with van der Waals surface area (Å²) in [4.78, 5) is 23.6. The van der Waals surface area contributed by atoms with Crippen molar-refractivity contribution >= 4 is 23.6 Å². The predicted octanol–water partition coefficient (Wildman–Crippen LogP) is -4.87. The molecule has 2 saturated heterocycles. The van der Waals surface area contributed by atoms with Crippen molar-refractivity contribution in [2.45, 2.75) is 36.1 Å². The Hall–Kier alpha value is 0.250. The monoisotopic (exact) mass is 238 g/mol. The number of carbonyl (C=O) groups excluding carboxylic acids is 2. The summed E-state index contributed by atoms with van der Waals surface area (Å²) in [5.41, 5.74) is 5.57. The van der Waals surface area contributed by atoms with E-state index in [0.717, 1.165) is 0 Å². The van der Waals surface area contributed by atoms with Crippen LogP contribution < -0.4 is 40.4 Å². The molecule has 2 fully saturated rings. The van der Waals surface area contributed by atoms with Gasteiger partial charge in [0.1, 0.15) is 11.4 Å². The maximum Gasteiger partial charge on any atom is 1.00 e. The Labute approximate surface area is 114 Å². The van der Waals surface area contributed by atoms with Gasteiger partial charge in [0.2, 0.25) is 5.91 Å². The minimum atomic E-state index is -1.20. The number of nitrogens with two attached hydrogens (primary N) is 1. The van der Waals surface area contributed by atoms with Crippen LogP contribution in [0.4, 0.5) is 0 Å². The Morgan fingerprint density at radius 2 is 2.13 bits per heavy atom. The molecule has 3 atom stereocenters. The number of fused-ring (bicyclic) bond motifs is 1. The fraction of sp³-hybridized carbons (Fsp3) is 0.750. The van der Waals surface area contributed by atoms with Gasteiger partial charge in [-0.1, -0.05) is 0 Å². The molecule has 2 heterocycles. The number of carbonyl (C=O) groups is 2. The molecule has 2 N–H and O–H groups in total. The fourth-order valence-electron chi connectivity index (χ4n) is 2.02. The van der Waals surface area contributed by atoms with Crippen molar-refractivity contribution in [1.29, 1.82) is 0 Å². The van der Waals surface area contributed by atoms with E-state index in [0.29, 0.717) is 0 Å². The molecule has 0 bridgehead atoms. The van der Waals surface area contributed by atoms with E-state index < -0.39 is 22.8 Å². The number of thioether (sulfide) groups is 1. The zero-order chi connectivity index (χ0) is 10.7. The molecular formula is C8H11N2NaO3S. The molecule has 1 amide bonds. The molecule has 0 aromatic rings. The van der Waals surface area contributed by atoms with Gasteiger partial charge in [-0.15, -0.1) is 11.8 Å². The fourth-order valence-corrected chi connectivity index (χ4v) is 3.59. The molecule has 0 spiro atoms. The molecule has 2 rings (SSSR count). The predicted molar refractivity (Wildman–Crippen MR) is 49.1 cm³/mol. The Kier molecular flexibility index (Phi) is 3.48. The van der Waals surface area contributed by atoms with E-state index in [9.17, 15) is 14.7 Å². The summed E-state index contributed by atoms with van der Waals surface area (Å²) >= 11 is 1.43. The molecule has 0 saturated carbocycles. The molecule has 5 nitrogen and oxygen atoms in total. The van der Waals surface area contributed by atoms with Crippen LogP contribution in [-0.2, 0) is 9.59 Å². The molecule has 15 heavy (non-hydrogen) atoms. The van der Waals surface area contributed by atoms with Crippen LogP contribution in [0.15, 0.2) is 0 Å². The van der Waals surface area contributed by atoms with Gasteiger partial charge in [-0.2, -0.15) is 0 Å². The van der Waals surface area contributed by atoms with Crippen LogP contribution in [0, 0.1) is 0 Å². The third-order valence-electron chi connectivity index (χ3n) is 2.71. The van der Waals surface area contributed by atoms with Gasteiger partial charge < -0.3 is 20.5 Å². The van der Waals surface area contributed by atoms with E-state index in [-0.39, 0.29) is 40.8 Å². The number of rotatable bonds is 1. The van der Waals surface area contributed by atoms with Crippen LogP contribution in [0.25, 0.3) is 0 Å². The van der Waals surface area contributed by atoms with Crippen molar-refractivity contribution in [1.82, 2.24) is 4.90 Å². The SMILES string of the molecule is CC1(C)S[C@@H]2C(N)C(=O)N2[C@H]1C(=O)[O-].[Na+]. The number of nitrogens with zero attached hydrogens (tertiary/aromatic N) is 1. The van der Waals surface area contributed by atoms with Crippen LogP contribution in [0.5, 0.6) is 0 Å². The van der Waals surface area contributed by atoms with Crippen molar-refractivity contribution in [3.8, 4) is 0 Å². The van der Waals surface area contributed by atoms with Gasteiger partial charge in [0, 0.05) is 4.75 Å². The van der Waals surface area contributed by atoms with Crippen LogP contribution in [0.1, 0.15) is 13.8 Å². The van der Waals surface area contributed by atoms with Crippen LogP contribution in [-0.4, -0.2) is 39.0 Å². The Morgan fingerprint density at radius 3 is 2.60 bits per heavy atom. The first-order valence-electron chi connectivity index (χ1n) is 4.32. The summed E-state index contributed by atoms with van der Waals surface area (Å²) in [5, 5.41) is 10.7. The van der Waals surface area contributed by atoms with Crippen molar-refractivity contribution < 1.29 is 44.3 Å². The smallest absolute Gasteiger partial charge is 0.548 e. The van der Waals surface area contributed by atoms with Gasteiger partial charge in [-0.3, -0.25) is 4.79 Å². The minimum Gasteiger partial charge on any atom is -0.548 e. The van der Waals surface area contributed by atoms with Crippen LogP contribution >= 0.6 is 11.8 Å². The van der Waals surface area contributed by atoms with Crippen LogP contribution in [0.3, 0.4) is 0 Å². The van der Waals surface area contributed by atoms with E-state index in [1.54, 1.807) is 13.8 Å². The third-order valence-corrected chi connectivity index (χ3v) is 4.30. The average Bonchev–Trinajstić information content (AvgIpc) is 2.34. The maximum atomic E-state index is 11.3. The summed E-state index contributed by atoms with van der Waals surface area (Å²) in [5.74, 6) is -1.49. The van der Waals surface area contributed by atoms with Crippen molar-refractivity contribution in [3.05, 3.63) is 0 Å². The number of hydrogen-bond donors (Lipinski definition) is 1. The minimum absolute atomic E-state index is 0. The second-order valence-corrected chi connectivity index (χ2v) is 5.88. The van der Waals surface area contributed by atoms with Crippen molar-refractivity contribution in [3.63, 3.8) is 0 Å². The Balaban J connectivity index is 0.00000112. The average molecular weight is 238 g/mol. The number of aliphatic carboxylic acids is 1. The standard InChI is InChI=1S/C8H12N2O3S.Na/c1-8(2)4(7(12)13)10-5(11)3(9)6(10)14-8;/h3-4,6H,9H2,1-2H3,(H,12,13);/q;+1/p-1/t3?,4-,6+;/m0./s1. The molecular weight excluding hydrogens is 227 g/mol. The maximum absolute atomic E-state index is 11.3. The molecule has 0 aromatic heterocycles. The summed E-state index contributed by atoms with van der Waals surface area (Å²) in [6, 6.07) is -1.41. The van der Waals surface area contributed by atoms with E-state index >= 15 is 0 Å². The van der Waals surface area contributed by atoms with Gasteiger partial charge in [0.05, 0.1) is 12.0 Å². The van der Waals surface area contributed by atoms with Crippen LogP contribution in [0.2, 0.25) is 0 Å². The number of amides is 1. The molecule has 0 aromatic carbocycles. The van der Waals surface area contributed by atoms with E-state index in [4.69, 9.17) is 5.73 Å². The van der Waals surface area contributed by atoms with E-state index in [1.807, 2.05) is 0 Å². The summed E-state index contributed by atoms with van der Waals surface area (Å²) in [6.07, 6.45) is 0. The molecule has 0 aliphatic carbocycles. The van der Waals surface area contributed by atoms with Gasteiger partial charge in [0.15, 0.2) is 0 Å². The molecule has 1 unspecified atom stereocenters. The van der Waals surface area contributed by atoms with Crippen molar-refractivity contribution in [2.75, 3.05) is 0 Å². The molecule has 2 aliphatic rings. The van der Waals surface area contributed by atoms with Gasteiger partial charge in [-0.25, -0.2) is 0 Å². The summed E-state index contributed by atoms with van der Waals surface area (Å²) < 4.78 is -0.521. The van der Waals surface area contributed by atoms with Gasteiger partial charge in [-0.05, 0) is 13.8 Å². The van der Waals surface area contributed by atoms with Crippen molar-refractivity contribution in [2.24, 2.45) is 5.73 Å². The van der Waals surface area contributed by atoms with E-state index in [2.05, 4.69) is 0 Å². The molecule has 2 aliphatic heterocycles. The third kappa shape index (κ3) is 1.72. The quantitative estimate of drug-likeness (QED) is 0.366. The number of hydrogen-bond acceptors (Lipinski definition) is 5. The molecule has 78 valence electrons. The zero-order valence-electron chi connectivity index (χ0n) is 8.89. The summed E-state index contributed by atoms with van der Waals surface area (Å²) in [7, 11) is 0. The Morgan fingerprint density at radius 1 is 1.60 bits per heavy atom. The first-order chi connectivity index (χ1) is 6.36. The van der Waals surface area contributed by atoms with E-state index in [1.165, 1.54) is 16.7 Å². The zero-order valence-corrected chi connectivity index (χ0v) is 11.7. The topological polar surface area (TPSA) is 86.5 Å². The second-order valence-electron chi connectivity index (χ2n) is 4.10. The van der Waals surface area contributed by atoms with Gasteiger partial charge in [0.25, 0.3) is 0 Å². The van der Waals surface area contributed by atoms with Gasteiger partial charge >= 0.3 is 29.6 Å². The number of carboxylic acids is 1.